The zero-order valence-corrected chi connectivity index (χ0v) is 8.16. The van der Waals surface area contributed by atoms with Crippen LogP contribution in [0.2, 0.25) is 5.02 Å². The average Bonchev–Trinajstić information content (AvgIpc) is 2.23. The molecule has 2 rings (SSSR count). The molecule has 0 saturated carbocycles. The summed E-state index contributed by atoms with van der Waals surface area (Å²) in [5.41, 5.74) is 0. The maximum absolute atomic E-state index is 5.73. The van der Waals surface area contributed by atoms with Gasteiger partial charge in [0.15, 0.2) is 0 Å². The number of para-hydroxylation sites is 1. The number of ether oxygens (including phenoxy) is 1. The highest BCUT2D eigenvalue weighted by molar-refractivity contribution is 6.30. The van der Waals surface area contributed by atoms with Crippen LogP contribution in [-0.2, 0) is 0 Å². The fourth-order valence-electron chi connectivity index (χ4n) is 1.07. The lowest BCUT2D eigenvalue weighted by Crippen LogP contribution is -1.82. The van der Waals surface area contributed by atoms with Crippen molar-refractivity contribution in [2.45, 2.75) is 0 Å². The van der Waals surface area contributed by atoms with Gasteiger partial charge in [0.2, 0.25) is 0 Å². The largest absolute Gasteiger partial charge is 0.457 e. The molecule has 0 aliphatic heterocycles. The molecule has 2 heteroatoms. The summed E-state index contributed by atoms with van der Waals surface area (Å²) in [4.78, 5) is 0. The Bertz CT molecular complexity index is 394. The molecule has 1 nitrogen and oxygen atoms in total. The second-order valence-corrected chi connectivity index (χ2v) is 3.22. The van der Waals surface area contributed by atoms with Crippen LogP contribution >= 0.6 is 11.6 Å². The SMILES string of the molecule is Clc1c[c]c(Oc2ccccc2)cc1. The molecule has 0 unspecified atom stereocenters. The third kappa shape index (κ3) is 2.27. The van der Waals surface area contributed by atoms with E-state index in [0.717, 1.165) is 5.75 Å². The molecule has 0 aromatic heterocycles. The van der Waals surface area contributed by atoms with E-state index in [1.807, 2.05) is 30.3 Å². The van der Waals surface area contributed by atoms with Crippen LogP contribution in [0.3, 0.4) is 0 Å². The summed E-state index contributed by atoms with van der Waals surface area (Å²) in [6.07, 6.45) is 0. The van der Waals surface area contributed by atoms with Crippen molar-refractivity contribution in [2.75, 3.05) is 0 Å². The van der Waals surface area contributed by atoms with Crippen molar-refractivity contribution in [1.82, 2.24) is 0 Å². The zero-order chi connectivity index (χ0) is 9.80. The number of rotatable bonds is 2. The van der Waals surface area contributed by atoms with E-state index in [0.29, 0.717) is 10.8 Å². The second-order valence-electron chi connectivity index (χ2n) is 2.79. The van der Waals surface area contributed by atoms with E-state index in [-0.39, 0.29) is 0 Å². The van der Waals surface area contributed by atoms with Gasteiger partial charge in [-0.2, -0.15) is 0 Å². The zero-order valence-electron chi connectivity index (χ0n) is 7.41. The predicted octanol–water partition coefficient (Wildman–Crippen LogP) is 3.93. The van der Waals surface area contributed by atoms with Crippen LogP contribution < -0.4 is 4.74 Å². The number of hydrogen-bond acceptors (Lipinski definition) is 1. The highest BCUT2D eigenvalue weighted by Crippen LogP contribution is 2.21. The lowest BCUT2D eigenvalue weighted by atomic mass is 10.3. The Kier molecular flexibility index (Phi) is 2.70. The molecule has 14 heavy (non-hydrogen) atoms. The van der Waals surface area contributed by atoms with Crippen molar-refractivity contribution >= 4 is 11.6 Å². The minimum atomic E-state index is 0.658. The number of halogens is 1. The van der Waals surface area contributed by atoms with Crippen LogP contribution in [0, 0.1) is 6.07 Å². The molecule has 0 spiro atoms. The maximum atomic E-state index is 5.73. The van der Waals surface area contributed by atoms with E-state index in [1.165, 1.54) is 0 Å². The summed E-state index contributed by atoms with van der Waals surface area (Å²) >= 11 is 5.73. The molecule has 2 aromatic rings. The fraction of sp³-hybridized carbons (Fsp3) is 0. The molecule has 0 amide bonds. The summed E-state index contributed by atoms with van der Waals surface area (Å²) in [6.45, 7) is 0. The minimum Gasteiger partial charge on any atom is -0.457 e. The topological polar surface area (TPSA) is 9.23 Å². The van der Waals surface area contributed by atoms with Crippen molar-refractivity contribution in [3.63, 3.8) is 0 Å². The molecule has 0 heterocycles. The van der Waals surface area contributed by atoms with Crippen LogP contribution in [0.25, 0.3) is 0 Å². The van der Waals surface area contributed by atoms with Gasteiger partial charge in [-0.15, -0.1) is 0 Å². The summed E-state index contributed by atoms with van der Waals surface area (Å²) < 4.78 is 5.52. The van der Waals surface area contributed by atoms with Gasteiger partial charge in [-0.25, -0.2) is 0 Å². The minimum absolute atomic E-state index is 0.658. The van der Waals surface area contributed by atoms with Crippen LogP contribution in [0.15, 0.2) is 48.5 Å². The highest BCUT2D eigenvalue weighted by Gasteiger charge is 1.95. The molecule has 0 aliphatic carbocycles. The molecule has 69 valence electrons. The van der Waals surface area contributed by atoms with E-state index in [4.69, 9.17) is 16.3 Å². The van der Waals surface area contributed by atoms with Gasteiger partial charge in [-0.3, -0.25) is 0 Å². The Morgan fingerprint density at radius 1 is 1.00 bits per heavy atom. The first kappa shape index (κ1) is 9.10. The third-order valence-corrected chi connectivity index (χ3v) is 1.95. The van der Waals surface area contributed by atoms with Gasteiger partial charge in [0.25, 0.3) is 0 Å². The first-order valence-corrected chi connectivity index (χ1v) is 4.62. The lowest BCUT2D eigenvalue weighted by molar-refractivity contribution is 0.481. The predicted molar refractivity (Wildman–Crippen MR) is 56.8 cm³/mol. The lowest BCUT2D eigenvalue weighted by Gasteiger charge is -2.03. The molecular weight excluding hydrogens is 196 g/mol. The van der Waals surface area contributed by atoms with Crippen molar-refractivity contribution in [2.24, 2.45) is 0 Å². The van der Waals surface area contributed by atoms with E-state index < -0.39 is 0 Å². The van der Waals surface area contributed by atoms with Gasteiger partial charge in [0.1, 0.15) is 11.5 Å². The van der Waals surface area contributed by atoms with Gasteiger partial charge in [0.05, 0.1) is 0 Å². The van der Waals surface area contributed by atoms with Gasteiger partial charge < -0.3 is 4.74 Å². The first-order chi connectivity index (χ1) is 6.84. The Morgan fingerprint density at radius 3 is 2.43 bits per heavy atom. The molecule has 0 aliphatic rings. The molecule has 2 aromatic carbocycles. The standard InChI is InChI=1S/C12H8ClO/c13-10-6-8-12(9-7-10)14-11-4-2-1-3-5-11/h1-8H. The molecule has 1 radical (unpaired) electrons. The van der Waals surface area contributed by atoms with Crippen molar-refractivity contribution in [3.8, 4) is 11.5 Å². The van der Waals surface area contributed by atoms with Crippen molar-refractivity contribution in [1.29, 1.82) is 0 Å². The maximum Gasteiger partial charge on any atom is 0.135 e. The van der Waals surface area contributed by atoms with E-state index in [2.05, 4.69) is 6.07 Å². The summed E-state index contributed by atoms with van der Waals surface area (Å²) in [5.74, 6) is 1.46. The Morgan fingerprint density at radius 2 is 1.79 bits per heavy atom. The van der Waals surface area contributed by atoms with Gasteiger partial charge >= 0.3 is 0 Å². The summed E-state index contributed by atoms with van der Waals surface area (Å²) in [7, 11) is 0. The van der Waals surface area contributed by atoms with Crippen LogP contribution in [0.1, 0.15) is 0 Å². The Balaban J connectivity index is 2.16. The van der Waals surface area contributed by atoms with E-state index in [1.54, 1.807) is 18.2 Å². The summed E-state index contributed by atoms with van der Waals surface area (Å²) in [6, 6.07) is 17.7. The molecular formula is C12H8ClO. The van der Waals surface area contributed by atoms with E-state index in [9.17, 15) is 0 Å². The Hall–Kier alpha value is -1.47. The van der Waals surface area contributed by atoms with Gasteiger partial charge in [0, 0.05) is 11.1 Å². The van der Waals surface area contributed by atoms with Crippen LogP contribution in [-0.4, -0.2) is 0 Å². The molecule has 0 fully saturated rings. The van der Waals surface area contributed by atoms with Crippen LogP contribution in [0.5, 0.6) is 11.5 Å². The van der Waals surface area contributed by atoms with Crippen molar-refractivity contribution < 1.29 is 4.74 Å². The fourth-order valence-corrected chi connectivity index (χ4v) is 1.19. The number of benzene rings is 2. The number of hydrogen-bond donors (Lipinski definition) is 0. The smallest absolute Gasteiger partial charge is 0.135 e. The molecule has 0 bridgehead atoms. The monoisotopic (exact) mass is 203 g/mol. The first-order valence-electron chi connectivity index (χ1n) is 4.25. The van der Waals surface area contributed by atoms with Gasteiger partial charge in [-0.05, 0) is 30.3 Å². The van der Waals surface area contributed by atoms with Crippen LogP contribution in [0.4, 0.5) is 0 Å². The molecule has 0 N–H and O–H groups in total. The Labute approximate surface area is 87.9 Å². The average molecular weight is 204 g/mol. The second kappa shape index (κ2) is 4.16. The van der Waals surface area contributed by atoms with Gasteiger partial charge in [-0.1, -0.05) is 29.8 Å². The highest BCUT2D eigenvalue weighted by atomic mass is 35.5. The van der Waals surface area contributed by atoms with E-state index >= 15 is 0 Å². The quantitative estimate of drug-likeness (QED) is 0.719. The van der Waals surface area contributed by atoms with Crippen molar-refractivity contribution in [3.05, 3.63) is 59.6 Å². The molecule has 0 saturated heterocycles. The normalized spacial score (nSPS) is 9.79. The molecule has 0 atom stereocenters. The third-order valence-electron chi connectivity index (χ3n) is 1.72. The summed E-state index contributed by atoms with van der Waals surface area (Å²) in [5, 5.41) is 0.658.